The Morgan fingerprint density at radius 2 is 2.11 bits per heavy atom. The first-order valence-corrected chi connectivity index (χ1v) is 2.30. The molecule has 0 aliphatic carbocycles. The highest BCUT2D eigenvalue weighted by molar-refractivity contribution is 5.37. The molecule has 0 spiro atoms. The molecule has 2 N–H and O–H groups in total. The van der Waals surface area contributed by atoms with Crippen molar-refractivity contribution in [3.8, 4) is 11.5 Å². The Morgan fingerprint density at radius 1 is 1.44 bits per heavy atom. The van der Waals surface area contributed by atoms with Crippen LogP contribution in [-0.2, 0) is 0 Å². The fourth-order valence-electron chi connectivity index (χ4n) is 0.453. The van der Waals surface area contributed by atoms with Crippen molar-refractivity contribution in [1.82, 2.24) is 0 Å². The van der Waals surface area contributed by atoms with Crippen molar-refractivity contribution in [3.05, 3.63) is 24.0 Å². The zero-order valence-electron chi connectivity index (χ0n) is 4.43. The summed E-state index contributed by atoms with van der Waals surface area (Å²) in [5.41, 5.74) is 0. The summed E-state index contributed by atoms with van der Waals surface area (Å²) in [4.78, 5) is 0. The highest BCUT2D eigenvalue weighted by Crippen LogP contribution is 2.25. The lowest BCUT2D eigenvalue weighted by Gasteiger charge is -1.94. The Kier molecular flexibility index (Phi) is 1.26. The minimum Gasteiger partial charge on any atom is -0.504 e. The molecule has 0 atom stereocenters. The number of aromatic hydroxyl groups is 2. The smallest absolute Gasteiger partial charge is 0.194 e. The van der Waals surface area contributed by atoms with E-state index in [4.69, 9.17) is 10.2 Å². The highest BCUT2D eigenvalue weighted by Gasteiger charge is 2.02. The van der Waals surface area contributed by atoms with Gasteiger partial charge in [-0.1, -0.05) is 0 Å². The summed E-state index contributed by atoms with van der Waals surface area (Å²) in [7, 11) is 0. The van der Waals surface area contributed by atoms with Gasteiger partial charge in [-0.05, 0) is 12.1 Å². The van der Waals surface area contributed by atoms with E-state index < -0.39 is 17.3 Å². The summed E-state index contributed by atoms with van der Waals surface area (Å²) in [5.74, 6) is -2.15. The Labute approximate surface area is 51.2 Å². The van der Waals surface area contributed by atoms with Crippen molar-refractivity contribution in [3.63, 3.8) is 0 Å². The second-order valence-corrected chi connectivity index (χ2v) is 1.53. The van der Waals surface area contributed by atoms with Crippen LogP contribution in [0.1, 0.15) is 0 Å². The van der Waals surface area contributed by atoms with Crippen LogP contribution in [0.15, 0.2) is 12.1 Å². The lowest BCUT2D eigenvalue weighted by molar-refractivity contribution is 0.378. The van der Waals surface area contributed by atoms with Gasteiger partial charge in [-0.15, -0.1) is 0 Å². The van der Waals surface area contributed by atoms with E-state index in [0.717, 1.165) is 6.07 Å². The van der Waals surface area contributed by atoms with Crippen LogP contribution < -0.4 is 0 Å². The molecular weight excluding hydrogens is 123 g/mol. The minimum atomic E-state index is -0.935. The minimum absolute atomic E-state index is 0.466. The second-order valence-electron chi connectivity index (χ2n) is 1.53. The maximum Gasteiger partial charge on any atom is 0.194 e. The molecular formula is C6H4FO2. The number of hydrogen-bond donors (Lipinski definition) is 2. The van der Waals surface area contributed by atoms with Gasteiger partial charge in [0.15, 0.2) is 17.3 Å². The van der Waals surface area contributed by atoms with Crippen LogP contribution in [0.2, 0.25) is 0 Å². The molecule has 0 aliphatic rings. The van der Waals surface area contributed by atoms with Crippen LogP contribution in [0, 0.1) is 11.9 Å². The Morgan fingerprint density at radius 3 is 2.56 bits per heavy atom. The van der Waals surface area contributed by atoms with Crippen LogP contribution in [0.5, 0.6) is 11.5 Å². The van der Waals surface area contributed by atoms with Gasteiger partial charge < -0.3 is 10.2 Å². The van der Waals surface area contributed by atoms with Gasteiger partial charge in [-0.2, -0.15) is 0 Å². The maximum absolute atomic E-state index is 12.1. The third-order valence-corrected chi connectivity index (χ3v) is 0.902. The SMILES string of the molecule is Oc1cc[c]c(F)c1O. The van der Waals surface area contributed by atoms with Gasteiger partial charge in [-0.25, -0.2) is 4.39 Å². The van der Waals surface area contributed by atoms with Crippen molar-refractivity contribution < 1.29 is 14.6 Å². The maximum atomic E-state index is 12.1. The average molecular weight is 127 g/mol. The predicted octanol–water partition coefficient (Wildman–Crippen LogP) is 1.04. The highest BCUT2D eigenvalue weighted by atomic mass is 19.1. The molecule has 0 unspecified atom stereocenters. The topological polar surface area (TPSA) is 40.5 Å². The van der Waals surface area contributed by atoms with Gasteiger partial charge in [0.25, 0.3) is 0 Å². The molecule has 0 saturated heterocycles. The standard InChI is InChI=1S/C6H4FO2/c7-4-2-1-3-5(8)6(4)9/h1,3,8-9H. The molecule has 1 aromatic carbocycles. The summed E-state index contributed by atoms with van der Waals surface area (Å²) in [5, 5.41) is 17.1. The molecule has 0 fully saturated rings. The van der Waals surface area contributed by atoms with Gasteiger partial charge in [0.2, 0.25) is 0 Å². The largest absolute Gasteiger partial charge is 0.504 e. The number of hydrogen-bond acceptors (Lipinski definition) is 2. The first-order chi connectivity index (χ1) is 4.22. The van der Waals surface area contributed by atoms with E-state index in [9.17, 15) is 4.39 Å². The molecule has 2 nitrogen and oxygen atoms in total. The number of phenolic OH excluding ortho intramolecular Hbond substituents is 2. The average Bonchev–Trinajstić information content (AvgIpc) is 1.83. The Bertz CT molecular complexity index is 202. The van der Waals surface area contributed by atoms with Crippen molar-refractivity contribution in [2.45, 2.75) is 0 Å². The zero-order valence-corrected chi connectivity index (χ0v) is 4.43. The summed E-state index contributed by atoms with van der Waals surface area (Å²) in [6.07, 6.45) is 0. The molecule has 0 bridgehead atoms. The number of benzene rings is 1. The fraction of sp³-hybridized carbons (Fsp3) is 0. The number of halogens is 1. The molecule has 0 aliphatic heterocycles. The van der Waals surface area contributed by atoms with Crippen molar-refractivity contribution >= 4 is 0 Å². The molecule has 3 heteroatoms. The van der Waals surface area contributed by atoms with Crippen molar-refractivity contribution in [2.75, 3.05) is 0 Å². The van der Waals surface area contributed by atoms with Crippen molar-refractivity contribution in [1.29, 1.82) is 0 Å². The molecule has 0 saturated carbocycles. The third-order valence-electron chi connectivity index (χ3n) is 0.902. The van der Waals surface area contributed by atoms with E-state index in [-0.39, 0.29) is 0 Å². The summed E-state index contributed by atoms with van der Waals surface area (Å²) < 4.78 is 12.1. The molecule has 9 heavy (non-hydrogen) atoms. The van der Waals surface area contributed by atoms with Crippen LogP contribution in [-0.4, -0.2) is 10.2 Å². The monoisotopic (exact) mass is 127 g/mol. The summed E-state index contributed by atoms with van der Waals surface area (Å²) in [6.45, 7) is 0. The number of phenols is 2. The summed E-state index contributed by atoms with van der Waals surface area (Å²) >= 11 is 0. The molecule has 47 valence electrons. The van der Waals surface area contributed by atoms with Crippen LogP contribution >= 0.6 is 0 Å². The normalized spacial score (nSPS) is 9.44. The molecule has 1 aromatic rings. The van der Waals surface area contributed by atoms with E-state index in [1.54, 1.807) is 0 Å². The fourth-order valence-corrected chi connectivity index (χ4v) is 0.453. The number of rotatable bonds is 0. The van der Waals surface area contributed by atoms with Crippen molar-refractivity contribution in [2.24, 2.45) is 0 Å². The van der Waals surface area contributed by atoms with E-state index in [1.165, 1.54) is 6.07 Å². The molecule has 0 aromatic heterocycles. The first-order valence-electron chi connectivity index (χ1n) is 2.30. The lowest BCUT2D eigenvalue weighted by Crippen LogP contribution is -1.74. The van der Waals surface area contributed by atoms with Gasteiger partial charge in [0.05, 0.1) is 0 Å². The van der Waals surface area contributed by atoms with Crippen LogP contribution in [0.3, 0.4) is 0 Å². The summed E-state index contributed by atoms with van der Waals surface area (Å²) in [6, 6.07) is 4.40. The van der Waals surface area contributed by atoms with Gasteiger partial charge in [0.1, 0.15) is 0 Å². The second kappa shape index (κ2) is 1.93. The lowest BCUT2D eigenvalue weighted by atomic mass is 10.3. The molecule has 1 radical (unpaired) electrons. The zero-order chi connectivity index (χ0) is 6.85. The van der Waals surface area contributed by atoms with Gasteiger partial charge in [0, 0.05) is 6.07 Å². The Balaban J connectivity index is 3.25. The molecule has 1 rings (SSSR count). The Hall–Kier alpha value is -1.25. The van der Waals surface area contributed by atoms with Crippen LogP contribution in [0.4, 0.5) is 4.39 Å². The van der Waals surface area contributed by atoms with Gasteiger partial charge >= 0.3 is 0 Å². The van der Waals surface area contributed by atoms with Gasteiger partial charge in [-0.3, -0.25) is 0 Å². The van der Waals surface area contributed by atoms with Crippen LogP contribution in [0.25, 0.3) is 0 Å². The third kappa shape index (κ3) is 0.937. The quantitative estimate of drug-likeness (QED) is 0.511. The van der Waals surface area contributed by atoms with E-state index >= 15 is 0 Å². The van der Waals surface area contributed by atoms with E-state index in [2.05, 4.69) is 6.07 Å². The first kappa shape index (κ1) is 5.88. The predicted molar refractivity (Wildman–Crippen MR) is 28.6 cm³/mol. The molecule has 0 heterocycles. The van der Waals surface area contributed by atoms with E-state index in [1.807, 2.05) is 0 Å². The molecule has 0 amide bonds. The van der Waals surface area contributed by atoms with E-state index in [0.29, 0.717) is 0 Å².